The summed E-state index contributed by atoms with van der Waals surface area (Å²) < 4.78 is 6.58. The average Bonchev–Trinajstić information content (AvgIpc) is 2.34. The first-order valence-electron chi connectivity index (χ1n) is 4.82. The van der Waals surface area contributed by atoms with Crippen molar-refractivity contribution in [2.45, 2.75) is 0 Å². The molecule has 0 aromatic heterocycles. The summed E-state index contributed by atoms with van der Waals surface area (Å²) in [4.78, 5) is 0. The number of nitrogens with zero attached hydrogens (tertiary/aromatic N) is 1. The average molecular weight is 309 g/mol. The Hall–Kier alpha value is -1.50. The molecule has 0 N–H and O–H groups in total. The molecule has 0 bridgehead atoms. The summed E-state index contributed by atoms with van der Waals surface area (Å²) in [5.41, 5.74) is 0.512. The van der Waals surface area contributed by atoms with Gasteiger partial charge in [0.25, 0.3) is 0 Å². The van der Waals surface area contributed by atoms with Crippen LogP contribution < -0.4 is 4.74 Å². The third-order valence-electron chi connectivity index (χ3n) is 2.10. The number of benzene rings is 2. The zero-order chi connectivity index (χ0) is 12.3. The molecule has 0 spiro atoms. The molecule has 2 nitrogen and oxygen atoms in total. The number of hydrogen-bond donors (Lipinski definition) is 0. The van der Waals surface area contributed by atoms with Gasteiger partial charge in [0.2, 0.25) is 0 Å². The van der Waals surface area contributed by atoms with E-state index in [4.69, 9.17) is 21.6 Å². The summed E-state index contributed by atoms with van der Waals surface area (Å²) in [5, 5.41) is 9.14. The topological polar surface area (TPSA) is 33.0 Å². The van der Waals surface area contributed by atoms with Crippen LogP contribution in [0.4, 0.5) is 0 Å². The van der Waals surface area contributed by atoms with Gasteiger partial charge >= 0.3 is 0 Å². The van der Waals surface area contributed by atoms with Crippen LogP contribution in [-0.4, -0.2) is 0 Å². The van der Waals surface area contributed by atoms with Gasteiger partial charge in [-0.1, -0.05) is 27.5 Å². The summed E-state index contributed by atoms with van der Waals surface area (Å²) >= 11 is 9.35. The van der Waals surface area contributed by atoms with E-state index in [1.807, 2.05) is 30.3 Å². The van der Waals surface area contributed by atoms with Crippen LogP contribution >= 0.6 is 27.5 Å². The summed E-state index contributed by atoms with van der Waals surface area (Å²) in [6.07, 6.45) is 0. The highest BCUT2D eigenvalue weighted by molar-refractivity contribution is 9.10. The van der Waals surface area contributed by atoms with Gasteiger partial charge in [-0.3, -0.25) is 0 Å². The number of nitriles is 1. The standard InChI is InChI=1S/C13H7BrClNO/c14-10-2-4-11(5-3-10)17-13-6-1-9(8-16)7-12(13)15/h1-7H. The van der Waals surface area contributed by atoms with Crippen molar-refractivity contribution < 1.29 is 4.74 Å². The summed E-state index contributed by atoms with van der Waals surface area (Å²) in [6, 6.07) is 14.4. The Labute approximate surface area is 113 Å². The van der Waals surface area contributed by atoms with Crippen molar-refractivity contribution >= 4 is 27.5 Å². The number of halogens is 2. The number of rotatable bonds is 2. The number of ether oxygens (including phenoxy) is 1. The molecule has 0 aliphatic rings. The third-order valence-corrected chi connectivity index (χ3v) is 2.93. The van der Waals surface area contributed by atoms with Gasteiger partial charge in [0.05, 0.1) is 16.7 Å². The van der Waals surface area contributed by atoms with E-state index in [2.05, 4.69) is 15.9 Å². The highest BCUT2D eigenvalue weighted by Crippen LogP contribution is 2.30. The Bertz CT molecular complexity index is 575. The maximum atomic E-state index is 8.72. The molecular weight excluding hydrogens is 302 g/mol. The van der Waals surface area contributed by atoms with E-state index in [9.17, 15) is 0 Å². The van der Waals surface area contributed by atoms with Crippen molar-refractivity contribution in [1.29, 1.82) is 5.26 Å². The zero-order valence-corrected chi connectivity index (χ0v) is 11.0. The van der Waals surface area contributed by atoms with Crippen LogP contribution in [0.2, 0.25) is 5.02 Å². The van der Waals surface area contributed by atoms with E-state index in [1.165, 1.54) is 0 Å². The molecule has 0 aliphatic carbocycles. The lowest BCUT2D eigenvalue weighted by molar-refractivity contribution is 0.483. The van der Waals surface area contributed by atoms with Crippen LogP contribution in [0.3, 0.4) is 0 Å². The summed E-state index contributed by atoms with van der Waals surface area (Å²) in [7, 11) is 0. The van der Waals surface area contributed by atoms with Gasteiger partial charge in [-0.25, -0.2) is 0 Å². The molecule has 84 valence electrons. The summed E-state index contributed by atoms with van der Waals surface area (Å²) in [6.45, 7) is 0. The molecular formula is C13H7BrClNO. The first kappa shape index (κ1) is 12.0. The van der Waals surface area contributed by atoms with Crippen LogP contribution in [0, 0.1) is 11.3 Å². The van der Waals surface area contributed by atoms with Crippen molar-refractivity contribution in [3.63, 3.8) is 0 Å². The van der Waals surface area contributed by atoms with Gasteiger partial charge in [-0.2, -0.15) is 5.26 Å². The largest absolute Gasteiger partial charge is 0.456 e. The molecule has 2 aromatic carbocycles. The summed E-state index contributed by atoms with van der Waals surface area (Å²) in [5.74, 6) is 1.23. The molecule has 0 aliphatic heterocycles. The van der Waals surface area contributed by atoms with Crippen molar-refractivity contribution in [3.8, 4) is 17.6 Å². The SMILES string of the molecule is N#Cc1ccc(Oc2ccc(Br)cc2)c(Cl)c1. The zero-order valence-electron chi connectivity index (χ0n) is 8.65. The fourth-order valence-corrected chi connectivity index (χ4v) is 1.77. The molecule has 0 amide bonds. The maximum Gasteiger partial charge on any atom is 0.146 e. The Morgan fingerprint density at radius 2 is 1.82 bits per heavy atom. The second kappa shape index (κ2) is 5.22. The smallest absolute Gasteiger partial charge is 0.146 e. The minimum Gasteiger partial charge on any atom is -0.456 e. The normalized spacial score (nSPS) is 9.71. The Balaban J connectivity index is 2.25. The van der Waals surface area contributed by atoms with E-state index >= 15 is 0 Å². The number of hydrogen-bond acceptors (Lipinski definition) is 2. The van der Waals surface area contributed by atoms with Gasteiger partial charge in [-0.15, -0.1) is 0 Å². The van der Waals surface area contributed by atoms with Gasteiger partial charge in [-0.05, 0) is 42.5 Å². The van der Waals surface area contributed by atoms with Gasteiger partial charge < -0.3 is 4.74 Å². The monoisotopic (exact) mass is 307 g/mol. The predicted molar refractivity (Wildman–Crippen MR) is 70.4 cm³/mol. The maximum absolute atomic E-state index is 8.72. The molecule has 0 unspecified atom stereocenters. The van der Waals surface area contributed by atoms with Crippen LogP contribution in [0.1, 0.15) is 5.56 Å². The molecule has 0 radical (unpaired) electrons. The molecule has 0 fully saturated rings. The van der Waals surface area contributed by atoms with E-state index < -0.39 is 0 Å². The van der Waals surface area contributed by atoms with Crippen LogP contribution in [-0.2, 0) is 0 Å². The molecule has 4 heteroatoms. The van der Waals surface area contributed by atoms with E-state index in [-0.39, 0.29) is 0 Å². The van der Waals surface area contributed by atoms with E-state index in [0.29, 0.717) is 22.1 Å². The molecule has 0 saturated heterocycles. The fourth-order valence-electron chi connectivity index (χ4n) is 1.28. The molecule has 0 heterocycles. The second-order valence-electron chi connectivity index (χ2n) is 3.31. The second-order valence-corrected chi connectivity index (χ2v) is 4.64. The molecule has 0 atom stereocenters. The fraction of sp³-hybridized carbons (Fsp3) is 0. The first-order chi connectivity index (χ1) is 8.19. The lowest BCUT2D eigenvalue weighted by Gasteiger charge is -2.07. The van der Waals surface area contributed by atoms with Crippen LogP contribution in [0.15, 0.2) is 46.9 Å². The minimum atomic E-state index is 0.423. The van der Waals surface area contributed by atoms with Gasteiger partial charge in [0.15, 0.2) is 0 Å². The van der Waals surface area contributed by atoms with E-state index in [0.717, 1.165) is 4.47 Å². The Morgan fingerprint density at radius 3 is 2.41 bits per heavy atom. The molecule has 17 heavy (non-hydrogen) atoms. The predicted octanol–water partition coefficient (Wildman–Crippen LogP) is 4.77. The minimum absolute atomic E-state index is 0.423. The van der Waals surface area contributed by atoms with Crippen LogP contribution in [0.25, 0.3) is 0 Å². The quantitative estimate of drug-likeness (QED) is 0.801. The van der Waals surface area contributed by atoms with Crippen molar-refractivity contribution in [1.82, 2.24) is 0 Å². The molecule has 0 saturated carbocycles. The van der Waals surface area contributed by atoms with Crippen molar-refractivity contribution in [2.24, 2.45) is 0 Å². The lowest BCUT2D eigenvalue weighted by atomic mass is 10.2. The van der Waals surface area contributed by atoms with Crippen molar-refractivity contribution in [2.75, 3.05) is 0 Å². The third kappa shape index (κ3) is 3.00. The van der Waals surface area contributed by atoms with Crippen molar-refractivity contribution in [3.05, 3.63) is 57.5 Å². The lowest BCUT2D eigenvalue weighted by Crippen LogP contribution is -1.85. The highest BCUT2D eigenvalue weighted by atomic mass is 79.9. The van der Waals surface area contributed by atoms with Gasteiger partial charge in [0.1, 0.15) is 11.5 Å². The highest BCUT2D eigenvalue weighted by Gasteiger charge is 2.04. The molecule has 2 rings (SSSR count). The Kier molecular flexibility index (Phi) is 3.68. The molecule has 2 aromatic rings. The Morgan fingerprint density at radius 1 is 1.12 bits per heavy atom. The van der Waals surface area contributed by atoms with E-state index in [1.54, 1.807) is 18.2 Å². The van der Waals surface area contributed by atoms with Crippen LogP contribution in [0.5, 0.6) is 11.5 Å². The first-order valence-corrected chi connectivity index (χ1v) is 5.99. The van der Waals surface area contributed by atoms with Gasteiger partial charge in [0, 0.05) is 4.47 Å².